The lowest BCUT2D eigenvalue weighted by molar-refractivity contribution is -0.120. The molecule has 1 aliphatic rings. The molecule has 1 aliphatic heterocycles. The zero-order valence-electron chi connectivity index (χ0n) is 21.5. The number of hydrogen-bond donors (Lipinski definition) is 1. The summed E-state index contributed by atoms with van der Waals surface area (Å²) >= 11 is 1.29. The van der Waals surface area contributed by atoms with Gasteiger partial charge >= 0.3 is 0 Å². The Morgan fingerprint density at radius 3 is 2.00 bits per heavy atom. The van der Waals surface area contributed by atoms with Crippen molar-refractivity contribution in [2.45, 2.75) is 31.6 Å². The normalized spacial score (nSPS) is 13.4. The third-order valence-electron chi connectivity index (χ3n) is 6.20. The van der Waals surface area contributed by atoms with Gasteiger partial charge in [0.1, 0.15) is 22.1 Å². The number of imide groups is 1. The Morgan fingerprint density at radius 2 is 1.37 bits per heavy atom. The molecule has 0 atom stereocenters. The predicted molar refractivity (Wildman–Crippen MR) is 154 cm³/mol. The Hall–Kier alpha value is -4.29. The summed E-state index contributed by atoms with van der Waals surface area (Å²) in [5.41, 5.74) is 3.82. The molecule has 6 heteroatoms. The number of benzene rings is 4. The molecule has 0 aliphatic carbocycles. The fraction of sp³-hybridized carbons (Fsp3) is 0.125. The van der Waals surface area contributed by atoms with E-state index >= 15 is 0 Å². The van der Waals surface area contributed by atoms with Crippen LogP contribution in [0.2, 0.25) is 0 Å². The number of carbonyl (C=O) groups is 2. The van der Waals surface area contributed by atoms with Crippen LogP contribution in [0.4, 0.5) is 11.4 Å². The molecule has 5 nitrogen and oxygen atoms in total. The number of ether oxygens (including phenoxy) is 1. The molecule has 0 radical (unpaired) electrons. The smallest absolute Gasteiger partial charge is 0.283 e. The van der Waals surface area contributed by atoms with Crippen LogP contribution in [-0.4, -0.2) is 11.8 Å². The fourth-order valence-electron chi connectivity index (χ4n) is 4.06. The van der Waals surface area contributed by atoms with E-state index in [0.29, 0.717) is 28.0 Å². The van der Waals surface area contributed by atoms with Crippen molar-refractivity contribution >= 4 is 35.0 Å². The van der Waals surface area contributed by atoms with E-state index in [2.05, 4.69) is 19.2 Å². The second kappa shape index (κ2) is 11.0. The fourth-order valence-corrected chi connectivity index (χ4v) is 4.98. The van der Waals surface area contributed by atoms with Gasteiger partial charge in [-0.05, 0) is 79.1 Å². The average Bonchev–Trinajstić information content (AvgIpc) is 3.15. The zero-order valence-corrected chi connectivity index (χ0v) is 22.3. The van der Waals surface area contributed by atoms with Crippen molar-refractivity contribution in [2.75, 3.05) is 10.2 Å². The first-order valence-electron chi connectivity index (χ1n) is 12.5. The SMILES string of the molecule is Cc1ccc(SC2=C(Nc3ccc(C(C)C)cc3)C(=O)N(c3ccc(Oc4ccccc4)cc3)C2=O)cc1. The number of hydrogen-bond acceptors (Lipinski definition) is 5. The standard InChI is InChI=1S/C32H28N2O3S/c1-21(2)23-11-13-24(14-12-23)33-29-30(38-28-19-9-22(3)10-20-28)32(36)34(31(29)35)25-15-17-27(18-16-25)37-26-7-5-4-6-8-26/h4-21,33H,1-3H3. The van der Waals surface area contributed by atoms with Crippen LogP contribution in [0, 0.1) is 6.92 Å². The van der Waals surface area contributed by atoms with Crippen LogP contribution in [0.15, 0.2) is 119 Å². The molecule has 4 aromatic rings. The lowest BCUT2D eigenvalue weighted by atomic mass is 10.0. The second-order valence-electron chi connectivity index (χ2n) is 9.38. The number of thioether (sulfide) groups is 1. The first kappa shape index (κ1) is 25.4. The summed E-state index contributed by atoms with van der Waals surface area (Å²) in [5, 5.41) is 3.23. The highest BCUT2D eigenvalue weighted by molar-refractivity contribution is 8.04. The lowest BCUT2D eigenvalue weighted by Gasteiger charge is -2.16. The Labute approximate surface area is 227 Å². The van der Waals surface area contributed by atoms with Crippen LogP contribution >= 0.6 is 11.8 Å². The van der Waals surface area contributed by atoms with Gasteiger partial charge in [0.25, 0.3) is 11.8 Å². The van der Waals surface area contributed by atoms with Crippen LogP contribution in [0.3, 0.4) is 0 Å². The topological polar surface area (TPSA) is 58.6 Å². The average molecular weight is 521 g/mol. The van der Waals surface area contributed by atoms with Crippen LogP contribution in [-0.2, 0) is 9.59 Å². The monoisotopic (exact) mass is 520 g/mol. The number of para-hydroxylation sites is 1. The van der Waals surface area contributed by atoms with E-state index in [1.54, 1.807) is 24.3 Å². The van der Waals surface area contributed by atoms with E-state index in [9.17, 15) is 9.59 Å². The predicted octanol–water partition coefficient (Wildman–Crippen LogP) is 7.90. The largest absolute Gasteiger partial charge is 0.457 e. The van der Waals surface area contributed by atoms with Crippen LogP contribution < -0.4 is 15.0 Å². The van der Waals surface area contributed by atoms with E-state index in [1.165, 1.54) is 22.2 Å². The van der Waals surface area contributed by atoms with Gasteiger partial charge in [0.2, 0.25) is 0 Å². The molecule has 38 heavy (non-hydrogen) atoms. The molecule has 2 amide bonds. The molecule has 0 unspecified atom stereocenters. The number of rotatable bonds is 8. The van der Waals surface area contributed by atoms with Crippen molar-refractivity contribution in [3.05, 3.63) is 125 Å². The molecule has 4 aromatic carbocycles. The van der Waals surface area contributed by atoms with Gasteiger partial charge in [0.05, 0.1) is 5.69 Å². The van der Waals surface area contributed by atoms with Gasteiger partial charge in [-0.3, -0.25) is 9.59 Å². The van der Waals surface area contributed by atoms with Crippen LogP contribution in [0.5, 0.6) is 11.5 Å². The summed E-state index contributed by atoms with van der Waals surface area (Å²) in [6, 6.07) is 32.2. The van der Waals surface area contributed by atoms with Gasteiger partial charge in [-0.2, -0.15) is 0 Å². The summed E-state index contributed by atoms with van der Waals surface area (Å²) in [6.45, 7) is 6.28. The van der Waals surface area contributed by atoms with Gasteiger partial charge in [-0.15, -0.1) is 0 Å². The molecule has 0 aromatic heterocycles. The minimum absolute atomic E-state index is 0.266. The minimum Gasteiger partial charge on any atom is -0.457 e. The Morgan fingerprint density at radius 1 is 0.737 bits per heavy atom. The highest BCUT2D eigenvalue weighted by atomic mass is 32.2. The molecule has 1 heterocycles. The minimum atomic E-state index is -0.394. The molecule has 0 saturated heterocycles. The van der Waals surface area contributed by atoms with Gasteiger partial charge in [-0.25, -0.2) is 4.90 Å². The van der Waals surface area contributed by atoms with E-state index in [0.717, 1.165) is 16.1 Å². The number of amides is 2. The van der Waals surface area contributed by atoms with Gasteiger partial charge in [0, 0.05) is 10.6 Å². The van der Waals surface area contributed by atoms with Crippen molar-refractivity contribution in [3.63, 3.8) is 0 Å². The second-order valence-corrected chi connectivity index (χ2v) is 10.5. The summed E-state index contributed by atoms with van der Waals surface area (Å²) < 4.78 is 5.87. The number of anilines is 2. The first-order chi connectivity index (χ1) is 18.4. The Kier molecular flexibility index (Phi) is 7.33. The number of aryl methyl sites for hydroxylation is 1. The van der Waals surface area contributed by atoms with Gasteiger partial charge in [0.15, 0.2) is 0 Å². The Bertz CT molecular complexity index is 1480. The number of nitrogens with zero attached hydrogens (tertiary/aromatic N) is 1. The van der Waals surface area contributed by atoms with Crippen molar-refractivity contribution in [3.8, 4) is 11.5 Å². The summed E-state index contributed by atoms with van der Waals surface area (Å²) in [7, 11) is 0. The third kappa shape index (κ3) is 5.50. The molecular weight excluding hydrogens is 492 g/mol. The molecule has 0 spiro atoms. The molecule has 0 fully saturated rings. The molecule has 5 rings (SSSR count). The molecular formula is C32H28N2O3S. The highest BCUT2D eigenvalue weighted by Gasteiger charge is 2.40. The summed E-state index contributed by atoms with van der Waals surface area (Å²) in [4.78, 5) is 29.8. The van der Waals surface area contributed by atoms with Crippen LogP contribution in [0.25, 0.3) is 0 Å². The van der Waals surface area contributed by atoms with Crippen molar-refractivity contribution < 1.29 is 14.3 Å². The maximum absolute atomic E-state index is 13.7. The van der Waals surface area contributed by atoms with Gasteiger partial charge in [-0.1, -0.05) is 73.6 Å². The van der Waals surface area contributed by atoms with Crippen LogP contribution in [0.1, 0.15) is 30.9 Å². The third-order valence-corrected chi connectivity index (χ3v) is 7.29. The van der Waals surface area contributed by atoms with E-state index in [-0.39, 0.29) is 11.6 Å². The summed E-state index contributed by atoms with van der Waals surface area (Å²) in [5.74, 6) is 0.967. The number of nitrogens with one attached hydrogen (secondary N) is 1. The molecule has 0 bridgehead atoms. The maximum Gasteiger partial charge on any atom is 0.283 e. The maximum atomic E-state index is 13.7. The zero-order chi connectivity index (χ0) is 26.6. The first-order valence-corrected chi connectivity index (χ1v) is 13.3. The van der Waals surface area contributed by atoms with Crippen molar-refractivity contribution in [1.82, 2.24) is 0 Å². The molecule has 190 valence electrons. The lowest BCUT2D eigenvalue weighted by Crippen LogP contribution is -2.32. The van der Waals surface area contributed by atoms with E-state index < -0.39 is 5.91 Å². The van der Waals surface area contributed by atoms with E-state index in [1.807, 2.05) is 85.8 Å². The van der Waals surface area contributed by atoms with Crippen molar-refractivity contribution in [1.29, 1.82) is 0 Å². The van der Waals surface area contributed by atoms with Gasteiger partial charge < -0.3 is 10.1 Å². The number of carbonyl (C=O) groups excluding carboxylic acids is 2. The summed E-state index contributed by atoms with van der Waals surface area (Å²) in [6.07, 6.45) is 0. The highest BCUT2D eigenvalue weighted by Crippen LogP contribution is 2.38. The molecule has 1 N–H and O–H groups in total. The quantitative estimate of drug-likeness (QED) is 0.239. The van der Waals surface area contributed by atoms with E-state index in [4.69, 9.17) is 4.74 Å². The Balaban J connectivity index is 1.44. The molecule has 0 saturated carbocycles. The van der Waals surface area contributed by atoms with Crippen molar-refractivity contribution in [2.24, 2.45) is 0 Å².